The third-order valence-electron chi connectivity index (χ3n) is 3.14. The van der Waals surface area contributed by atoms with E-state index in [0.717, 1.165) is 22.7 Å². The Kier molecular flexibility index (Phi) is 4.61. The molecule has 23 heavy (non-hydrogen) atoms. The highest BCUT2D eigenvalue weighted by Gasteiger charge is 2.18. The van der Waals surface area contributed by atoms with Crippen molar-refractivity contribution < 1.29 is 4.79 Å². The van der Waals surface area contributed by atoms with E-state index in [2.05, 4.69) is 14.9 Å². The second-order valence-electron chi connectivity index (χ2n) is 4.93. The highest BCUT2D eigenvalue weighted by atomic mass is 35.5. The number of nitrogens with one attached hydrogen (secondary N) is 1. The first-order valence-corrected chi connectivity index (χ1v) is 8.23. The maximum Gasteiger partial charge on any atom is 0.269 e. The fourth-order valence-electron chi connectivity index (χ4n) is 2.05. The Morgan fingerprint density at radius 1 is 1.09 bits per heavy atom. The van der Waals surface area contributed by atoms with Crippen LogP contribution in [-0.4, -0.2) is 15.5 Å². The van der Waals surface area contributed by atoms with Gasteiger partial charge in [0.2, 0.25) is 0 Å². The van der Waals surface area contributed by atoms with Gasteiger partial charge < -0.3 is 5.32 Å². The summed E-state index contributed by atoms with van der Waals surface area (Å²) < 4.78 is 3.90. The van der Waals surface area contributed by atoms with E-state index in [4.69, 9.17) is 23.2 Å². The monoisotopic (exact) mass is 363 g/mol. The maximum atomic E-state index is 12.5. The number of hydrogen-bond donors (Lipinski definition) is 1. The van der Waals surface area contributed by atoms with Gasteiger partial charge in [0.05, 0.1) is 0 Å². The molecule has 0 aliphatic heterocycles. The average molecular weight is 364 g/mol. The van der Waals surface area contributed by atoms with Gasteiger partial charge in [-0.05, 0) is 36.7 Å². The lowest BCUT2D eigenvalue weighted by Gasteiger charge is -2.06. The van der Waals surface area contributed by atoms with Crippen LogP contribution < -0.4 is 5.32 Å². The predicted molar refractivity (Wildman–Crippen MR) is 94.5 cm³/mol. The Morgan fingerprint density at radius 2 is 1.74 bits per heavy atom. The van der Waals surface area contributed by atoms with Gasteiger partial charge in [0.25, 0.3) is 5.91 Å². The summed E-state index contributed by atoms with van der Waals surface area (Å²) in [5.74, 6) is -0.297. The predicted octanol–water partition coefficient (Wildman–Crippen LogP) is 5.07. The zero-order chi connectivity index (χ0) is 16.4. The van der Waals surface area contributed by atoms with Crippen molar-refractivity contribution in [3.8, 4) is 11.3 Å². The van der Waals surface area contributed by atoms with Gasteiger partial charge in [-0.1, -0.05) is 57.5 Å². The van der Waals surface area contributed by atoms with E-state index in [9.17, 15) is 4.79 Å². The minimum Gasteiger partial charge on any atom is -0.321 e. The Labute approximate surface area is 147 Å². The van der Waals surface area contributed by atoms with E-state index in [0.29, 0.717) is 26.3 Å². The van der Waals surface area contributed by atoms with Gasteiger partial charge in [0.1, 0.15) is 10.6 Å². The van der Waals surface area contributed by atoms with Crippen molar-refractivity contribution >= 4 is 46.3 Å². The number of benzene rings is 2. The van der Waals surface area contributed by atoms with Crippen molar-refractivity contribution in [1.29, 1.82) is 0 Å². The van der Waals surface area contributed by atoms with Crippen molar-refractivity contribution in [2.24, 2.45) is 0 Å². The molecule has 1 heterocycles. The van der Waals surface area contributed by atoms with Crippen LogP contribution in [0.2, 0.25) is 10.0 Å². The Bertz CT molecular complexity index is 842. The quantitative estimate of drug-likeness (QED) is 0.706. The molecule has 0 bridgehead atoms. The molecule has 0 aliphatic rings. The maximum absolute atomic E-state index is 12.5. The second-order valence-corrected chi connectivity index (χ2v) is 6.56. The van der Waals surface area contributed by atoms with Crippen molar-refractivity contribution in [2.45, 2.75) is 6.92 Å². The topological polar surface area (TPSA) is 54.9 Å². The molecule has 0 spiro atoms. The van der Waals surface area contributed by atoms with E-state index < -0.39 is 0 Å². The average Bonchev–Trinajstić information content (AvgIpc) is 2.96. The molecule has 0 atom stereocenters. The summed E-state index contributed by atoms with van der Waals surface area (Å²) >= 11 is 12.9. The van der Waals surface area contributed by atoms with Crippen LogP contribution in [0.1, 0.15) is 15.2 Å². The third-order valence-corrected chi connectivity index (χ3v) is 4.30. The lowest BCUT2D eigenvalue weighted by molar-refractivity contribution is 0.103. The summed E-state index contributed by atoms with van der Waals surface area (Å²) in [7, 11) is 0. The normalized spacial score (nSPS) is 10.6. The van der Waals surface area contributed by atoms with Crippen LogP contribution in [0.25, 0.3) is 11.3 Å². The first-order chi connectivity index (χ1) is 11.0. The highest BCUT2D eigenvalue weighted by molar-refractivity contribution is 7.08. The number of aryl methyl sites for hydroxylation is 1. The molecular formula is C16H11Cl2N3OS. The molecule has 1 amide bonds. The molecule has 0 unspecified atom stereocenters. The summed E-state index contributed by atoms with van der Waals surface area (Å²) in [6.07, 6.45) is 0. The van der Waals surface area contributed by atoms with Gasteiger partial charge in [0, 0.05) is 21.3 Å². The number of carbonyl (C=O) groups excluding carboxylic acids is 1. The molecule has 116 valence electrons. The molecule has 0 fully saturated rings. The van der Waals surface area contributed by atoms with E-state index in [1.165, 1.54) is 0 Å². The highest BCUT2D eigenvalue weighted by Crippen LogP contribution is 2.27. The lowest BCUT2D eigenvalue weighted by atomic mass is 10.1. The van der Waals surface area contributed by atoms with Gasteiger partial charge in [0.15, 0.2) is 0 Å². The number of anilines is 1. The molecule has 0 aliphatic carbocycles. The fourth-order valence-corrected chi connectivity index (χ4v) is 3.16. The minimum absolute atomic E-state index is 0.297. The molecule has 0 saturated heterocycles. The fraction of sp³-hybridized carbons (Fsp3) is 0.0625. The summed E-state index contributed by atoms with van der Waals surface area (Å²) in [6, 6.07) is 12.6. The zero-order valence-corrected chi connectivity index (χ0v) is 14.3. The van der Waals surface area contributed by atoms with E-state index in [1.807, 2.05) is 31.2 Å². The van der Waals surface area contributed by atoms with Crippen LogP contribution in [0.4, 0.5) is 5.69 Å². The summed E-state index contributed by atoms with van der Waals surface area (Å²) in [4.78, 5) is 12.9. The molecule has 2 aromatic carbocycles. The van der Waals surface area contributed by atoms with Crippen LogP contribution in [0.3, 0.4) is 0 Å². The molecule has 7 heteroatoms. The SMILES string of the molecule is Cc1ccc(-c2nnsc2C(=O)Nc2cc(Cl)cc(Cl)c2)cc1. The minimum atomic E-state index is -0.297. The van der Waals surface area contributed by atoms with Crippen molar-refractivity contribution in [2.75, 3.05) is 5.32 Å². The summed E-state index contributed by atoms with van der Waals surface area (Å²) in [6.45, 7) is 2.00. The van der Waals surface area contributed by atoms with E-state index >= 15 is 0 Å². The molecule has 3 aromatic rings. The standard InChI is InChI=1S/C16H11Cl2N3OS/c1-9-2-4-10(5-3-9)14-15(23-21-20-14)16(22)19-13-7-11(17)6-12(18)8-13/h2-8H,1H3,(H,19,22). The lowest BCUT2D eigenvalue weighted by Crippen LogP contribution is -2.11. The van der Waals surface area contributed by atoms with Gasteiger partial charge in [-0.3, -0.25) is 4.79 Å². The van der Waals surface area contributed by atoms with Gasteiger partial charge in [-0.2, -0.15) is 0 Å². The number of nitrogens with zero attached hydrogens (tertiary/aromatic N) is 2. The molecule has 0 saturated carbocycles. The van der Waals surface area contributed by atoms with Gasteiger partial charge in [-0.25, -0.2) is 0 Å². The van der Waals surface area contributed by atoms with Crippen LogP contribution in [0.15, 0.2) is 42.5 Å². The van der Waals surface area contributed by atoms with E-state index in [-0.39, 0.29) is 5.91 Å². The first-order valence-electron chi connectivity index (χ1n) is 6.70. The smallest absolute Gasteiger partial charge is 0.269 e. The first kappa shape index (κ1) is 15.9. The molecule has 1 aromatic heterocycles. The van der Waals surface area contributed by atoms with Crippen LogP contribution in [-0.2, 0) is 0 Å². The van der Waals surface area contributed by atoms with Crippen molar-refractivity contribution in [3.63, 3.8) is 0 Å². The zero-order valence-electron chi connectivity index (χ0n) is 12.0. The summed E-state index contributed by atoms with van der Waals surface area (Å²) in [5, 5.41) is 7.75. The number of amides is 1. The van der Waals surface area contributed by atoms with Gasteiger partial charge in [-0.15, -0.1) is 5.10 Å². The van der Waals surface area contributed by atoms with Crippen LogP contribution >= 0.6 is 34.7 Å². The van der Waals surface area contributed by atoms with Crippen LogP contribution in [0, 0.1) is 6.92 Å². The van der Waals surface area contributed by atoms with Crippen molar-refractivity contribution in [1.82, 2.24) is 9.59 Å². The number of hydrogen-bond acceptors (Lipinski definition) is 4. The van der Waals surface area contributed by atoms with Crippen molar-refractivity contribution in [3.05, 3.63) is 63.0 Å². The largest absolute Gasteiger partial charge is 0.321 e. The number of halogens is 2. The molecule has 4 nitrogen and oxygen atoms in total. The van der Waals surface area contributed by atoms with Gasteiger partial charge >= 0.3 is 0 Å². The molecule has 3 rings (SSSR count). The Balaban J connectivity index is 1.89. The second kappa shape index (κ2) is 6.66. The molecular weight excluding hydrogens is 353 g/mol. The Morgan fingerprint density at radius 3 is 2.39 bits per heavy atom. The molecule has 0 radical (unpaired) electrons. The van der Waals surface area contributed by atoms with Crippen LogP contribution in [0.5, 0.6) is 0 Å². The number of rotatable bonds is 3. The number of aromatic nitrogens is 2. The number of carbonyl (C=O) groups is 1. The molecule has 1 N–H and O–H groups in total. The summed E-state index contributed by atoms with van der Waals surface area (Å²) in [5.41, 5.74) is 3.06. The van der Waals surface area contributed by atoms with E-state index in [1.54, 1.807) is 18.2 Å². The third kappa shape index (κ3) is 3.69. The Hall–Kier alpha value is -1.95.